The van der Waals surface area contributed by atoms with Gasteiger partial charge < -0.3 is 10.2 Å². The molecule has 0 radical (unpaired) electrons. The Morgan fingerprint density at radius 3 is 2.63 bits per heavy atom. The van der Waals surface area contributed by atoms with Gasteiger partial charge in [0.05, 0.1) is 28.7 Å². The summed E-state index contributed by atoms with van der Waals surface area (Å²) < 4.78 is 40.4. The summed E-state index contributed by atoms with van der Waals surface area (Å²) in [6, 6.07) is 14.9. The second-order valence-corrected chi connectivity index (χ2v) is 7.35. The molecule has 1 aromatic heterocycles. The predicted octanol–water partition coefficient (Wildman–Crippen LogP) is 4.53. The van der Waals surface area contributed by atoms with Crippen molar-refractivity contribution in [3.8, 4) is 5.69 Å². The number of benzene rings is 2. The van der Waals surface area contributed by atoms with Crippen molar-refractivity contribution in [1.82, 2.24) is 14.7 Å². The molecule has 1 fully saturated rings. The molecule has 0 spiro atoms. The molecule has 2 aromatic carbocycles. The van der Waals surface area contributed by atoms with E-state index in [1.165, 1.54) is 16.9 Å². The zero-order valence-corrected chi connectivity index (χ0v) is 16.4. The summed E-state index contributed by atoms with van der Waals surface area (Å²) in [5.74, 6) is -0.164. The lowest BCUT2D eigenvalue weighted by Gasteiger charge is -2.18. The van der Waals surface area contributed by atoms with E-state index in [0.717, 1.165) is 24.2 Å². The number of amides is 1. The minimum Gasteiger partial charge on any atom is -0.380 e. The zero-order valence-electron chi connectivity index (χ0n) is 16.4. The number of nitrogens with one attached hydrogen (secondary N) is 1. The first kappa shape index (κ1) is 20.0. The van der Waals surface area contributed by atoms with Crippen LogP contribution in [-0.4, -0.2) is 39.7 Å². The van der Waals surface area contributed by atoms with Crippen LogP contribution in [0.4, 0.5) is 18.9 Å². The van der Waals surface area contributed by atoms with Crippen LogP contribution in [0.1, 0.15) is 28.0 Å². The molecule has 1 amide bonds. The van der Waals surface area contributed by atoms with E-state index >= 15 is 0 Å². The van der Waals surface area contributed by atoms with Gasteiger partial charge in [-0.3, -0.25) is 4.79 Å². The van der Waals surface area contributed by atoms with Gasteiger partial charge in [0.2, 0.25) is 0 Å². The van der Waals surface area contributed by atoms with Crippen LogP contribution in [0.2, 0.25) is 0 Å². The molecule has 156 valence electrons. The second-order valence-electron chi connectivity index (χ2n) is 7.35. The van der Waals surface area contributed by atoms with Crippen LogP contribution < -0.4 is 5.32 Å². The molecule has 0 aliphatic carbocycles. The first-order valence-corrected chi connectivity index (χ1v) is 9.66. The van der Waals surface area contributed by atoms with Crippen molar-refractivity contribution in [3.63, 3.8) is 0 Å². The summed E-state index contributed by atoms with van der Waals surface area (Å²) in [6.45, 7) is 2.86. The van der Waals surface area contributed by atoms with Gasteiger partial charge in [-0.15, -0.1) is 0 Å². The van der Waals surface area contributed by atoms with Crippen LogP contribution in [0.3, 0.4) is 0 Å². The van der Waals surface area contributed by atoms with E-state index in [0.29, 0.717) is 24.3 Å². The van der Waals surface area contributed by atoms with Crippen LogP contribution in [-0.2, 0) is 6.18 Å². The number of carbonyl (C=O) groups is 1. The zero-order chi connectivity index (χ0) is 21.3. The summed E-state index contributed by atoms with van der Waals surface area (Å²) >= 11 is 0. The Hall–Kier alpha value is -3.29. The summed E-state index contributed by atoms with van der Waals surface area (Å²) in [6.07, 6.45) is -2.19. The van der Waals surface area contributed by atoms with Gasteiger partial charge in [0.1, 0.15) is 0 Å². The number of para-hydroxylation sites is 1. The third-order valence-electron chi connectivity index (χ3n) is 5.28. The Labute approximate surface area is 172 Å². The quantitative estimate of drug-likeness (QED) is 0.683. The third kappa shape index (κ3) is 4.03. The number of rotatable bonds is 4. The van der Waals surface area contributed by atoms with E-state index in [9.17, 15) is 18.0 Å². The molecule has 1 unspecified atom stereocenters. The average molecular weight is 414 g/mol. The number of halogens is 3. The summed E-state index contributed by atoms with van der Waals surface area (Å²) in [7, 11) is 0. The number of hydrogen-bond donors (Lipinski definition) is 1. The second kappa shape index (κ2) is 7.85. The van der Waals surface area contributed by atoms with Gasteiger partial charge in [-0.05, 0) is 43.7 Å². The Morgan fingerprint density at radius 1 is 1.13 bits per heavy atom. The maximum absolute atomic E-state index is 13.0. The number of aromatic nitrogens is 2. The first-order valence-electron chi connectivity index (χ1n) is 9.66. The molecule has 1 saturated heterocycles. The topological polar surface area (TPSA) is 50.2 Å². The standard InChI is InChI=1S/C22H21F3N4O/c1-15-20(13-26-29(15)19-9-5-6-16(12-19)22(23,24)25)21(30)28-11-10-18(14-28)27-17-7-3-2-4-8-17/h2-9,12-13,18,27H,10-11,14H2,1H3. The Balaban J connectivity index is 1.49. The van der Waals surface area contributed by atoms with Crippen LogP contribution in [0, 0.1) is 6.92 Å². The van der Waals surface area contributed by atoms with Crippen molar-refractivity contribution in [3.05, 3.63) is 77.6 Å². The molecule has 1 N–H and O–H groups in total. The predicted molar refractivity (Wildman–Crippen MR) is 108 cm³/mol. The van der Waals surface area contributed by atoms with Crippen molar-refractivity contribution >= 4 is 11.6 Å². The van der Waals surface area contributed by atoms with Gasteiger partial charge in [-0.1, -0.05) is 24.3 Å². The maximum Gasteiger partial charge on any atom is 0.416 e. The molecule has 8 heteroatoms. The van der Waals surface area contributed by atoms with E-state index in [1.807, 2.05) is 30.3 Å². The number of hydrogen-bond acceptors (Lipinski definition) is 3. The Bertz CT molecular complexity index is 1050. The molecule has 5 nitrogen and oxygen atoms in total. The normalized spacial score (nSPS) is 16.7. The van der Waals surface area contributed by atoms with Gasteiger partial charge >= 0.3 is 6.18 Å². The first-order chi connectivity index (χ1) is 14.3. The largest absolute Gasteiger partial charge is 0.416 e. The summed E-state index contributed by atoms with van der Waals surface area (Å²) in [5, 5.41) is 7.60. The van der Waals surface area contributed by atoms with Gasteiger partial charge in [0.15, 0.2) is 0 Å². The van der Waals surface area contributed by atoms with E-state index in [1.54, 1.807) is 17.9 Å². The molecular weight excluding hydrogens is 393 g/mol. The van der Waals surface area contributed by atoms with E-state index in [2.05, 4.69) is 10.4 Å². The molecule has 30 heavy (non-hydrogen) atoms. The molecule has 3 aromatic rings. The smallest absolute Gasteiger partial charge is 0.380 e. The number of nitrogens with zero attached hydrogens (tertiary/aromatic N) is 3. The van der Waals surface area contributed by atoms with Crippen LogP contribution in [0.25, 0.3) is 5.69 Å². The lowest BCUT2D eigenvalue weighted by Crippen LogP contribution is -2.31. The molecule has 1 aliphatic rings. The van der Waals surface area contributed by atoms with Crippen molar-refractivity contribution < 1.29 is 18.0 Å². The fraction of sp³-hybridized carbons (Fsp3) is 0.273. The van der Waals surface area contributed by atoms with Gasteiger partial charge in [0, 0.05) is 24.8 Å². The van der Waals surface area contributed by atoms with Gasteiger partial charge in [-0.25, -0.2) is 4.68 Å². The van der Waals surface area contributed by atoms with Crippen molar-refractivity contribution in [2.45, 2.75) is 25.6 Å². The number of anilines is 1. The van der Waals surface area contributed by atoms with E-state index in [4.69, 9.17) is 0 Å². The molecule has 1 atom stereocenters. The minimum atomic E-state index is -4.44. The van der Waals surface area contributed by atoms with Crippen LogP contribution in [0.5, 0.6) is 0 Å². The fourth-order valence-corrected chi connectivity index (χ4v) is 3.70. The summed E-state index contributed by atoms with van der Waals surface area (Å²) in [4.78, 5) is 14.8. The molecule has 4 rings (SSSR count). The highest BCUT2D eigenvalue weighted by molar-refractivity contribution is 5.95. The number of likely N-dealkylation sites (tertiary alicyclic amines) is 1. The van der Waals surface area contributed by atoms with Crippen molar-refractivity contribution in [1.29, 1.82) is 0 Å². The lowest BCUT2D eigenvalue weighted by atomic mass is 10.2. The SMILES string of the molecule is Cc1c(C(=O)N2CCC(Nc3ccccc3)C2)cnn1-c1cccc(C(F)(F)F)c1. The number of alkyl halides is 3. The maximum atomic E-state index is 13.0. The Kier molecular flexibility index (Phi) is 5.24. The molecule has 0 saturated carbocycles. The summed E-state index contributed by atoms with van der Waals surface area (Å²) in [5.41, 5.74) is 1.43. The van der Waals surface area contributed by atoms with Crippen molar-refractivity contribution in [2.24, 2.45) is 0 Å². The monoisotopic (exact) mass is 414 g/mol. The highest BCUT2D eigenvalue weighted by atomic mass is 19.4. The molecule has 2 heterocycles. The molecule has 1 aliphatic heterocycles. The lowest BCUT2D eigenvalue weighted by molar-refractivity contribution is -0.137. The fourth-order valence-electron chi connectivity index (χ4n) is 3.70. The number of carbonyl (C=O) groups excluding carboxylic acids is 1. The minimum absolute atomic E-state index is 0.148. The molecule has 0 bridgehead atoms. The molecular formula is C22H21F3N4O. The van der Waals surface area contributed by atoms with Gasteiger partial charge in [-0.2, -0.15) is 18.3 Å². The Morgan fingerprint density at radius 2 is 1.90 bits per heavy atom. The van der Waals surface area contributed by atoms with E-state index in [-0.39, 0.29) is 17.6 Å². The van der Waals surface area contributed by atoms with Crippen molar-refractivity contribution in [2.75, 3.05) is 18.4 Å². The van der Waals surface area contributed by atoms with Crippen LogP contribution in [0.15, 0.2) is 60.8 Å². The third-order valence-corrected chi connectivity index (χ3v) is 5.28. The average Bonchev–Trinajstić information content (AvgIpc) is 3.34. The highest BCUT2D eigenvalue weighted by Gasteiger charge is 2.31. The van der Waals surface area contributed by atoms with Gasteiger partial charge in [0.25, 0.3) is 5.91 Å². The highest BCUT2D eigenvalue weighted by Crippen LogP contribution is 2.30. The van der Waals surface area contributed by atoms with E-state index < -0.39 is 11.7 Å². The van der Waals surface area contributed by atoms with Crippen LogP contribution >= 0.6 is 0 Å².